The van der Waals surface area contributed by atoms with E-state index in [9.17, 15) is 0 Å². The third-order valence-electron chi connectivity index (χ3n) is 2.44. The molecule has 0 radical (unpaired) electrons. The Hall–Kier alpha value is -0.340. The molecule has 1 aliphatic rings. The number of allylic oxidation sites excluding steroid dienone is 2. The standard InChI is InChI=1S/C12H22O2/c1-2-3-4-5-7-10-13-12-9-6-8-11-14-12/h2-3,12H,4-11H2,1H3/b3-2+. The molecule has 1 saturated heterocycles. The fourth-order valence-corrected chi connectivity index (χ4v) is 1.59. The first-order chi connectivity index (χ1) is 6.93. The molecule has 1 fully saturated rings. The Bertz CT molecular complexity index is 148. The molecule has 1 aliphatic heterocycles. The zero-order valence-electron chi connectivity index (χ0n) is 9.21. The molecule has 0 amide bonds. The van der Waals surface area contributed by atoms with Crippen molar-refractivity contribution in [1.82, 2.24) is 0 Å². The van der Waals surface area contributed by atoms with E-state index in [2.05, 4.69) is 19.1 Å². The van der Waals surface area contributed by atoms with E-state index in [4.69, 9.17) is 9.47 Å². The maximum Gasteiger partial charge on any atom is 0.157 e. The van der Waals surface area contributed by atoms with Gasteiger partial charge in [-0.05, 0) is 45.4 Å². The quantitative estimate of drug-likeness (QED) is 0.481. The Kier molecular flexibility index (Phi) is 6.71. The monoisotopic (exact) mass is 198 g/mol. The van der Waals surface area contributed by atoms with Gasteiger partial charge < -0.3 is 9.47 Å². The van der Waals surface area contributed by atoms with Gasteiger partial charge in [-0.1, -0.05) is 12.2 Å². The second-order valence-corrected chi connectivity index (χ2v) is 3.73. The predicted molar refractivity (Wildman–Crippen MR) is 58.2 cm³/mol. The normalized spacial score (nSPS) is 23.1. The highest BCUT2D eigenvalue weighted by Crippen LogP contribution is 2.14. The van der Waals surface area contributed by atoms with Crippen LogP contribution in [0.2, 0.25) is 0 Å². The van der Waals surface area contributed by atoms with Crippen LogP contribution in [0.3, 0.4) is 0 Å². The number of rotatable bonds is 6. The zero-order chi connectivity index (χ0) is 10.1. The van der Waals surface area contributed by atoms with Crippen LogP contribution in [0.1, 0.15) is 45.4 Å². The van der Waals surface area contributed by atoms with Gasteiger partial charge in [-0.15, -0.1) is 0 Å². The predicted octanol–water partition coefficient (Wildman–Crippen LogP) is 3.28. The molecule has 0 aromatic rings. The lowest BCUT2D eigenvalue weighted by Crippen LogP contribution is -2.22. The minimum absolute atomic E-state index is 0.0884. The summed E-state index contributed by atoms with van der Waals surface area (Å²) in [6.45, 7) is 3.79. The smallest absolute Gasteiger partial charge is 0.157 e. The number of hydrogen-bond acceptors (Lipinski definition) is 2. The summed E-state index contributed by atoms with van der Waals surface area (Å²) in [6.07, 6.45) is 11.5. The summed E-state index contributed by atoms with van der Waals surface area (Å²) in [5.74, 6) is 0. The second kappa shape index (κ2) is 8.01. The number of unbranched alkanes of at least 4 members (excludes halogenated alkanes) is 2. The highest BCUT2D eigenvalue weighted by molar-refractivity contribution is 4.76. The van der Waals surface area contributed by atoms with Gasteiger partial charge in [-0.25, -0.2) is 0 Å². The lowest BCUT2D eigenvalue weighted by molar-refractivity contribution is -0.162. The molecule has 1 atom stereocenters. The fourth-order valence-electron chi connectivity index (χ4n) is 1.59. The molecule has 0 bridgehead atoms. The van der Waals surface area contributed by atoms with Crippen molar-refractivity contribution in [2.24, 2.45) is 0 Å². The number of hydrogen-bond donors (Lipinski definition) is 0. The average Bonchev–Trinajstić information content (AvgIpc) is 2.25. The molecule has 1 heterocycles. The van der Waals surface area contributed by atoms with E-state index >= 15 is 0 Å². The number of ether oxygens (including phenoxy) is 2. The van der Waals surface area contributed by atoms with Crippen LogP contribution in [0.5, 0.6) is 0 Å². The summed E-state index contributed by atoms with van der Waals surface area (Å²) in [4.78, 5) is 0. The van der Waals surface area contributed by atoms with Crippen molar-refractivity contribution < 1.29 is 9.47 Å². The van der Waals surface area contributed by atoms with Crippen LogP contribution in [0.25, 0.3) is 0 Å². The van der Waals surface area contributed by atoms with Crippen molar-refractivity contribution in [2.45, 2.75) is 51.7 Å². The molecule has 0 N–H and O–H groups in total. The Morgan fingerprint density at radius 3 is 3.00 bits per heavy atom. The van der Waals surface area contributed by atoms with Crippen molar-refractivity contribution in [1.29, 1.82) is 0 Å². The molecule has 1 unspecified atom stereocenters. The molecular weight excluding hydrogens is 176 g/mol. The molecule has 0 aromatic heterocycles. The SMILES string of the molecule is C/C=C/CCCCOC1CCCCO1. The lowest BCUT2D eigenvalue weighted by Gasteiger charge is -2.22. The summed E-state index contributed by atoms with van der Waals surface area (Å²) < 4.78 is 11.1. The van der Waals surface area contributed by atoms with Crippen molar-refractivity contribution in [2.75, 3.05) is 13.2 Å². The van der Waals surface area contributed by atoms with Gasteiger partial charge in [0.05, 0.1) is 0 Å². The molecular formula is C12H22O2. The third-order valence-corrected chi connectivity index (χ3v) is 2.44. The van der Waals surface area contributed by atoms with Crippen LogP contribution in [0.4, 0.5) is 0 Å². The van der Waals surface area contributed by atoms with E-state index in [-0.39, 0.29) is 6.29 Å². The van der Waals surface area contributed by atoms with E-state index < -0.39 is 0 Å². The first-order valence-electron chi connectivity index (χ1n) is 5.78. The second-order valence-electron chi connectivity index (χ2n) is 3.73. The van der Waals surface area contributed by atoms with Crippen molar-refractivity contribution in [3.05, 3.63) is 12.2 Å². The first-order valence-corrected chi connectivity index (χ1v) is 5.78. The first kappa shape index (κ1) is 11.7. The van der Waals surface area contributed by atoms with Crippen molar-refractivity contribution in [3.8, 4) is 0 Å². The Balaban J connectivity index is 1.87. The van der Waals surface area contributed by atoms with Gasteiger partial charge in [0.1, 0.15) is 0 Å². The highest BCUT2D eigenvalue weighted by Gasteiger charge is 2.12. The Morgan fingerprint density at radius 1 is 1.36 bits per heavy atom. The minimum atomic E-state index is 0.0884. The summed E-state index contributed by atoms with van der Waals surface area (Å²) in [5.41, 5.74) is 0. The molecule has 2 nitrogen and oxygen atoms in total. The van der Waals surface area contributed by atoms with E-state index in [0.717, 1.165) is 26.1 Å². The lowest BCUT2D eigenvalue weighted by atomic mass is 10.2. The molecule has 2 heteroatoms. The van der Waals surface area contributed by atoms with Crippen LogP contribution in [0.15, 0.2) is 12.2 Å². The maximum absolute atomic E-state index is 5.62. The molecule has 0 spiro atoms. The van der Waals surface area contributed by atoms with Gasteiger partial charge >= 0.3 is 0 Å². The Labute approximate surface area is 87.3 Å². The van der Waals surface area contributed by atoms with Gasteiger partial charge in [0, 0.05) is 13.2 Å². The van der Waals surface area contributed by atoms with E-state index in [1.54, 1.807) is 0 Å². The summed E-state index contributed by atoms with van der Waals surface area (Å²) in [7, 11) is 0. The summed E-state index contributed by atoms with van der Waals surface area (Å²) in [6, 6.07) is 0. The van der Waals surface area contributed by atoms with Crippen LogP contribution in [-0.2, 0) is 9.47 Å². The topological polar surface area (TPSA) is 18.5 Å². The van der Waals surface area contributed by atoms with Crippen molar-refractivity contribution >= 4 is 0 Å². The minimum Gasteiger partial charge on any atom is -0.353 e. The fraction of sp³-hybridized carbons (Fsp3) is 0.833. The van der Waals surface area contributed by atoms with E-state index in [1.807, 2.05) is 0 Å². The molecule has 0 aliphatic carbocycles. The average molecular weight is 198 g/mol. The highest BCUT2D eigenvalue weighted by atomic mass is 16.7. The van der Waals surface area contributed by atoms with Crippen molar-refractivity contribution in [3.63, 3.8) is 0 Å². The summed E-state index contributed by atoms with van der Waals surface area (Å²) >= 11 is 0. The van der Waals surface area contributed by atoms with Crippen LogP contribution in [-0.4, -0.2) is 19.5 Å². The van der Waals surface area contributed by atoms with Gasteiger partial charge in [-0.3, -0.25) is 0 Å². The third kappa shape index (κ3) is 5.40. The van der Waals surface area contributed by atoms with Crippen LogP contribution in [0, 0.1) is 0 Å². The van der Waals surface area contributed by atoms with Gasteiger partial charge in [0.15, 0.2) is 6.29 Å². The van der Waals surface area contributed by atoms with Crippen LogP contribution < -0.4 is 0 Å². The maximum atomic E-state index is 5.62. The van der Waals surface area contributed by atoms with E-state index in [0.29, 0.717) is 0 Å². The largest absolute Gasteiger partial charge is 0.353 e. The van der Waals surface area contributed by atoms with Gasteiger partial charge in [-0.2, -0.15) is 0 Å². The van der Waals surface area contributed by atoms with E-state index in [1.165, 1.54) is 25.7 Å². The van der Waals surface area contributed by atoms with Gasteiger partial charge in [0.2, 0.25) is 0 Å². The Morgan fingerprint density at radius 2 is 2.29 bits per heavy atom. The molecule has 1 rings (SSSR count). The summed E-state index contributed by atoms with van der Waals surface area (Å²) in [5, 5.41) is 0. The zero-order valence-corrected chi connectivity index (χ0v) is 9.21. The van der Waals surface area contributed by atoms with Crippen LogP contribution >= 0.6 is 0 Å². The molecule has 0 aromatic carbocycles. The molecule has 82 valence electrons. The molecule has 14 heavy (non-hydrogen) atoms. The van der Waals surface area contributed by atoms with Gasteiger partial charge in [0.25, 0.3) is 0 Å². The molecule has 0 saturated carbocycles.